The Morgan fingerprint density at radius 1 is 1.14 bits per heavy atom. The molecule has 0 saturated carbocycles. The quantitative estimate of drug-likeness (QED) is 0.354. The van der Waals surface area contributed by atoms with Gasteiger partial charge in [-0.05, 0) is 75.9 Å². The Kier molecular flexibility index (Phi) is 8.74. The van der Waals surface area contributed by atoms with Crippen molar-refractivity contribution in [3.05, 3.63) is 58.1 Å². The molecule has 0 aliphatic carbocycles. The number of ether oxygens (including phenoxy) is 2. The summed E-state index contributed by atoms with van der Waals surface area (Å²) in [4.78, 5) is 23.8. The molecule has 196 valence electrons. The van der Waals surface area contributed by atoms with Gasteiger partial charge in [0.05, 0.1) is 12.0 Å². The van der Waals surface area contributed by atoms with Crippen LogP contribution in [0.1, 0.15) is 48.6 Å². The van der Waals surface area contributed by atoms with Crippen LogP contribution in [0.2, 0.25) is 0 Å². The Balaban J connectivity index is 2.35. The average molecular weight is 520 g/mol. The van der Waals surface area contributed by atoms with Gasteiger partial charge in [-0.3, -0.25) is 0 Å². The van der Waals surface area contributed by atoms with E-state index in [-0.39, 0.29) is 22.7 Å². The van der Waals surface area contributed by atoms with Gasteiger partial charge in [0.2, 0.25) is 0 Å². The largest absolute Gasteiger partial charge is 0.496 e. The number of amides is 1. The molecule has 1 atom stereocenters. The Morgan fingerprint density at radius 3 is 2.33 bits per heavy atom. The highest BCUT2D eigenvalue weighted by Gasteiger charge is 2.25. The standard InChI is InChI=1S/C25H33N3O7S/c1-14-11-20(34-7)15(2)16(3)21(14)36(32,33)28-22(26)18-10-8-9-17(12-18)13-19(23(29)30)27-24(31)35-25(4,5)6/h8-12,19H,13H2,1-7H3,(H2,26,28)(H,27,31)(H,29,30). The molecule has 0 saturated heterocycles. The molecule has 0 spiro atoms. The number of nitrogens with zero attached hydrogens (tertiary/aromatic N) is 1. The molecule has 0 aliphatic rings. The maximum Gasteiger partial charge on any atom is 0.408 e. The number of hydrogen-bond acceptors (Lipinski definition) is 6. The van der Waals surface area contributed by atoms with Crippen molar-refractivity contribution in [1.29, 1.82) is 0 Å². The smallest absolute Gasteiger partial charge is 0.408 e. The van der Waals surface area contributed by atoms with Gasteiger partial charge in [-0.2, -0.15) is 8.42 Å². The lowest BCUT2D eigenvalue weighted by atomic mass is 10.0. The molecular weight excluding hydrogens is 486 g/mol. The molecule has 4 N–H and O–H groups in total. The summed E-state index contributed by atoms with van der Waals surface area (Å²) < 4.78 is 40.6. The van der Waals surface area contributed by atoms with Crippen LogP contribution in [0.3, 0.4) is 0 Å². The average Bonchev–Trinajstić information content (AvgIpc) is 2.74. The molecule has 10 nitrogen and oxygen atoms in total. The first-order chi connectivity index (χ1) is 16.6. The van der Waals surface area contributed by atoms with Crippen molar-refractivity contribution in [3.8, 4) is 5.75 Å². The molecule has 0 aromatic heterocycles. The third kappa shape index (κ3) is 7.20. The number of rotatable bonds is 8. The molecule has 0 fully saturated rings. The first-order valence-electron chi connectivity index (χ1n) is 11.1. The van der Waals surface area contributed by atoms with Crippen LogP contribution in [0, 0.1) is 20.8 Å². The summed E-state index contributed by atoms with van der Waals surface area (Å²) in [6.45, 7) is 10.1. The van der Waals surface area contributed by atoms with Crippen molar-refractivity contribution in [1.82, 2.24) is 5.32 Å². The van der Waals surface area contributed by atoms with Crippen molar-refractivity contribution < 1.29 is 32.6 Å². The van der Waals surface area contributed by atoms with Crippen molar-refractivity contribution in [2.75, 3.05) is 7.11 Å². The maximum atomic E-state index is 13.1. The minimum Gasteiger partial charge on any atom is -0.496 e. The summed E-state index contributed by atoms with van der Waals surface area (Å²) in [6.07, 6.45) is -0.947. The molecule has 11 heteroatoms. The first-order valence-corrected chi connectivity index (χ1v) is 12.6. The van der Waals surface area contributed by atoms with E-state index in [0.717, 1.165) is 0 Å². The van der Waals surface area contributed by atoms with Crippen LogP contribution < -0.4 is 15.8 Å². The fraction of sp³-hybridized carbons (Fsp3) is 0.400. The molecule has 0 aliphatic heterocycles. The Bertz CT molecular complexity index is 1300. The zero-order valence-corrected chi connectivity index (χ0v) is 22.3. The second kappa shape index (κ2) is 11.0. The Hall–Kier alpha value is -3.60. The van der Waals surface area contributed by atoms with E-state index in [1.165, 1.54) is 13.2 Å². The van der Waals surface area contributed by atoms with Crippen LogP contribution >= 0.6 is 0 Å². The summed E-state index contributed by atoms with van der Waals surface area (Å²) in [7, 11) is -2.65. The molecule has 0 radical (unpaired) electrons. The highest BCUT2D eigenvalue weighted by Crippen LogP contribution is 2.31. The van der Waals surface area contributed by atoms with Crippen LogP contribution in [0.25, 0.3) is 0 Å². The molecule has 0 heterocycles. The first kappa shape index (κ1) is 28.6. The second-order valence-electron chi connectivity index (χ2n) is 9.37. The summed E-state index contributed by atoms with van der Waals surface area (Å²) in [5.74, 6) is -0.936. The molecule has 0 bridgehead atoms. The zero-order chi connectivity index (χ0) is 27.4. The van der Waals surface area contributed by atoms with E-state index in [4.69, 9.17) is 15.2 Å². The SMILES string of the molecule is COc1cc(C)c(S(=O)(=O)N=C(N)c2cccc(CC(NC(=O)OC(C)(C)C)C(=O)O)c2)c(C)c1C. The fourth-order valence-electron chi connectivity index (χ4n) is 3.60. The van der Waals surface area contributed by atoms with Crippen molar-refractivity contribution in [2.24, 2.45) is 10.1 Å². The van der Waals surface area contributed by atoms with E-state index in [0.29, 0.717) is 28.0 Å². The van der Waals surface area contributed by atoms with Crippen LogP contribution in [-0.2, 0) is 26.0 Å². The number of alkyl carbamates (subject to hydrolysis) is 1. The normalized spacial score (nSPS) is 13.1. The van der Waals surface area contributed by atoms with Crippen molar-refractivity contribution >= 4 is 27.9 Å². The minimum absolute atomic E-state index is 0.0485. The maximum absolute atomic E-state index is 13.1. The van der Waals surface area contributed by atoms with E-state index in [1.54, 1.807) is 65.8 Å². The van der Waals surface area contributed by atoms with E-state index < -0.39 is 33.7 Å². The number of carbonyl (C=O) groups is 2. The van der Waals surface area contributed by atoms with Crippen molar-refractivity contribution in [3.63, 3.8) is 0 Å². The number of nitrogens with two attached hydrogens (primary N) is 1. The number of amidine groups is 1. The van der Waals surface area contributed by atoms with Crippen molar-refractivity contribution in [2.45, 2.75) is 64.5 Å². The number of methoxy groups -OCH3 is 1. The molecule has 36 heavy (non-hydrogen) atoms. The van der Waals surface area contributed by atoms with Gasteiger partial charge < -0.3 is 25.6 Å². The van der Waals surface area contributed by atoms with Gasteiger partial charge in [0, 0.05) is 12.0 Å². The second-order valence-corrected chi connectivity index (χ2v) is 10.9. The van der Waals surface area contributed by atoms with E-state index in [9.17, 15) is 23.1 Å². The van der Waals surface area contributed by atoms with Gasteiger partial charge in [0.15, 0.2) is 0 Å². The number of aliphatic carboxylic acids is 1. The predicted octanol–water partition coefficient (Wildman–Crippen LogP) is 3.24. The Labute approximate surface area is 211 Å². The van der Waals surface area contributed by atoms with Gasteiger partial charge in [0.25, 0.3) is 10.0 Å². The van der Waals surface area contributed by atoms with Gasteiger partial charge in [-0.25, -0.2) is 9.59 Å². The van der Waals surface area contributed by atoms with Gasteiger partial charge >= 0.3 is 12.1 Å². The van der Waals surface area contributed by atoms with Gasteiger partial charge in [-0.1, -0.05) is 18.2 Å². The van der Waals surface area contributed by atoms with Crippen LogP contribution in [0.5, 0.6) is 5.75 Å². The number of sulfonamides is 1. The summed E-state index contributed by atoms with van der Waals surface area (Å²) >= 11 is 0. The summed E-state index contributed by atoms with van der Waals surface area (Å²) in [5, 5.41) is 11.9. The highest BCUT2D eigenvalue weighted by atomic mass is 32.2. The van der Waals surface area contributed by atoms with Crippen LogP contribution in [0.4, 0.5) is 4.79 Å². The topological polar surface area (TPSA) is 157 Å². The number of carboxylic acids is 1. The molecule has 1 amide bonds. The zero-order valence-electron chi connectivity index (χ0n) is 21.5. The molecule has 2 aromatic rings. The number of nitrogens with one attached hydrogen (secondary N) is 1. The molecule has 1 unspecified atom stereocenters. The lowest BCUT2D eigenvalue weighted by Crippen LogP contribution is -2.44. The number of benzene rings is 2. The third-order valence-electron chi connectivity index (χ3n) is 5.33. The summed E-state index contributed by atoms with van der Waals surface area (Å²) in [5.41, 5.74) is 7.72. The lowest BCUT2D eigenvalue weighted by molar-refractivity contribution is -0.139. The Morgan fingerprint density at radius 2 is 1.78 bits per heavy atom. The van der Waals surface area contributed by atoms with Gasteiger partial charge in [-0.15, -0.1) is 4.40 Å². The van der Waals surface area contributed by atoms with Crippen LogP contribution in [-0.4, -0.2) is 50.2 Å². The van der Waals surface area contributed by atoms with E-state index in [2.05, 4.69) is 9.71 Å². The highest BCUT2D eigenvalue weighted by molar-refractivity contribution is 7.90. The minimum atomic E-state index is -4.16. The third-order valence-corrected chi connectivity index (χ3v) is 6.91. The number of carbonyl (C=O) groups excluding carboxylic acids is 1. The molecular formula is C25H33N3O7S. The van der Waals surface area contributed by atoms with E-state index >= 15 is 0 Å². The van der Waals surface area contributed by atoms with E-state index in [1.807, 2.05) is 0 Å². The number of hydrogen-bond donors (Lipinski definition) is 3. The monoisotopic (exact) mass is 519 g/mol. The predicted molar refractivity (Wildman–Crippen MR) is 136 cm³/mol. The lowest BCUT2D eigenvalue weighted by Gasteiger charge is -2.22. The number of aryl methyl sites for hydroxylation is 1. The van der Waals surface area contributed by atoms with Crippen LogP contribution in [0.15, 0.2) is 39.6 Å². The summed E-state index contributed by atoms with van der Waals surface area (Å²) in [6, 6.07) is 6.68. The molecule has 2 rings (SSSR count). The molecule has 2 aromatic carbocycles. The van der Waals surface area contributed by atoms with Gasteiger partial charge in [0.1, 0.15) is 23.2 Å². The fourth-order valence-corrected chi connectivity index (χ4v) is 5.06. The number of carboxylic acid groups (broad SMARTS) is 1.